The van der Waals surface area contributed by atoms with Gasteiger partial charge in [0.1, 0.15) is 0 Å². The fourth-order valence-corrected chi connectivity index (χ4v) is 4.51. The molecular formula is C22H34N2O. The van der Waals surface area contributed by atoms with Crippen LogP contribution in [0.2, 0.25) is 0 Å². The molecule has 3 heteroatoms. The molecule has 0 aromatic heterocycles. The molecule has 3 rings (SSSR count). The molecule has 0 spiro atoms. The molecule has 2 fully saturated rings. The molecule has 2 saturated heterocycles. The van der Waals surface area contributed by atoms with Crippen molar-refractivity contribution >= 4 is 5.91 Å². The van der Waals surface area contributed by atoms with Crippen molar-refractivity contribution in [2.45, 2.75) is 52.4 Å². The normalized spacial score (nSPS) is 23.0. The number of rotatable bonds is 5. The van der Waals surface area contributed by atoms with Crippen molar-refractivity contribution < 1.29 is 4.79 Å². The van der Waals surface area contributed by atoms with Crippen LogP contribution in [0, 0.1) is 18.8 Å². The summed E-state index contributed by atoms with van der Waals surface area (Å²) in [5, 5.41) is 0. The standard InChI is InChI=1S/C22H34N2O/c1-3-23-15-12-21(13-16-23)22(25)24-14-6-8-19(17-24)10-11-20-9-5-4-7-18(20)2/h4-5,7,9,19,21H,3,6,8,10-17H2,1-2H3. The average Bonchev–Trinajstić information content (AvgIpc) is 2.67. The first-order valence-corrected chi connectivity index (χ1v) is 10.2. The van der Waals surface area contributed by atoms with E-state index in [0.29, 0.717) is 11.8 Å². The van der Waals surface area contributed by atoms with E-state index in [1.165, 1.54) is 30.4 Å². The number of carbonyl (C=O) groups is 1. The van der Waals surface area contributed by atoms with E-state index in [0.717, 1.165) is 52.0 Å². The van der Waals surface area contributed by atoms with Crippen molar-refractivity contribution in [3.8, 4) is 0 Å². The Kier molecular flexibility index (Phi) is 6.52. The fourth-order valence-electron chi connectivity index (χ4n) is 4.51. The maximum atomic E-state index is 12.9. The van der Waals surface area contributed by atoms with Crippen molar-refractivity contribution in [2.24, 2.45) is 11.8 Å². The van der Waals surface area contributed by atoms with Crippen LogP contribution >= 0.6 is 0 Å². The first kappa shape index (κ1) is 18.4. The predicted octanol–water partition coefficient (Wildman–Crippen LogP) is 3.90. The van der Waals surface area contributed by atoms with Crippen LogP contribution in [0.3, 0.4) is 0 Å². The maximum Gasteiger partial charge on any atom is 0.225 e. The molecular weight excluding hydrogens is 308 g/mol. The van der Waals surface area contributed by atoms with Gasteiger partial charge in [0.05, 0.1) is 0 Å². The Morgan fingerprint density at radius 2 is 1.88 bits per heavy atom. The van der Waals surface area contributed by atoms with Crippen molar-refractivity contribution in [3.05, 3.63) is 35.4 Å². The summed E-state index contributed by atoms with van der Waals surface area (Å²) >= 11 is 0. The number of likely N-dealkylation sites (tertiary alicyclic amines) is 2. The van der Waals surface area contributed by atoms with Gasteiger partial charge in [-0.3, -0.25) is 4.79 Å². The molecule has 25 heavy (non-hydrogen) atoms. The van der Waals surface area contributed by atoms with Crippen molar-refractivity contribution in [1.82, 2.24) is 9.80 Å². The third kappa shape index (κ3) is 4.84. The van der Waals surface area contributed by atoms with Gasteiger partial charge in [0, 0.05) is 19.0 Å². The highest BCUT2D eigenvalue weighted by Gasteiger charge is 2.30. The lowest BCUT2D eigenvalue weighted by atomic mass is 9.89. The number of nitrogens with zero attached hydrogens (tertiary/aromatic N) is 2. The molecule has 3 nitrogen and oxygen atoms in total. The molecule has 1 unspecified atom stereocenters. The van der Waals surface area contributed by atoms with Crippen molar-refractivity contribution in [3.63, 3.8) is 0 Å². The summed E-state index contributed by atoms with van der Waals surface area (Å²) in [6, 6.07) is 8.71. The quantitative estimate of drug-likeness (QED) is 0.810. The number of piperidine rings is 2. The summed E-state index contributed by atoms with van der Waals surface area (Å²) < 4.78 is 0. The van der Waals surface area contributed by atoms with E-state index in [4.69, 9.17) is 0 Å². The largest absolute Gasteiger partial charge is 0.342 e. The number of carbonyl (C=O) groups excluding carboxylic acids is 1. The van der Waals surface area contributed by atoms with Crippen LogP contribution < -0.4 is 0 Å². The first-order valence-electron chi connectivity index (χ1n) is 10.2. The molecule has 0 radical (unpaired) electrons. The summed E-state index contributed by atoms with van der Waals surface area (Å²) in [6.45, 7) is 9.69. The Labute approximate surface area is 153 Å². The average molecular weight is 343 g/mol. The van der Waals surface area contributed by atoms with Gasteiger partial charge < -0.3 is 9.80 Å². The van der Waals surface area contributed by atoms with Gasteiger partial charge in [-0.1, -0.05) is 31.2 Å². The second-order valence-corrected chi connectivity index (χ2v) is 7.97. The number of amides is 1. The van der Waals surface area contributed by atoms with Gasteiger partial charge in [-0.15, -0.1) is 0 Å². The Bertz CT molecular complexity index is 563. The molecule has 1 aromatic carbocycles. The second-order valence-electron chi connectivity index (χ2n) is 7.97. The fraction of sp³-hybridized carbons (Fsp3) is 0.682. The van der Waals surface area contributed by atoms with E-state index in [1.54, 1.807) is 0 Å². The zero-order chi connectivity index (χ0) is 17.6. The predicted molar refractivity (Wildman–Crippen MR) is 104 cm³/mol. The SMILES string of the molecule is CCN1CCC(C(=O)N2CCCC(CCc3ccccc3C)C2)CC1. The zero-order valence-corrected chi connectivity index (χ0v) is 16.0. The summed E-state index contributed by atoms with van der Waals surface area (Å²) in [5.41, 5.74) is 2.87. The smallest absolute Gasteiger partial charge is 0.225 e. The molecule has 0 N–H and O–H groups in total. The van der Waals surface area contributed by atoms with E-state index in [9.17, 15) is 4.79 Å². The second kappa shape index (κ2) is 8.84. The van der Waals surface area contributed by atoms with Crippen LogP contribution in [-0.2, 0) is 11.2 Å². The molecule has 2 heterocycles. The Morgan fingerprint density at radius 3 is 2.60 bits per heavy atom. The van der Waals surface area contributed by atoms with E-state index in [2.05, 4.69) is 47.9 Å². The van der Waals surface area contributed by atoms with Crippen LogP contribution in [0.5, 0.6) is 0 Å². The third-order valence-electron chi connectivity index (χ3n) is 6.30. The molecule has 1 aromatic rings. The first-order chi connectivity index (χ1) is 12.2. The molecule has 2 aliphatic heterocycles. The van der Waals surface area contributed by atoms with E-state index < -0.39 is 0 Å². The number of hydrogen-bond donors (Lipinski definition) is 0. The van der Waals surface area contributed by atoms with Crippen LogP contribution in [0.25, 0.3) is 0 Å². The van der Waals surface area contributed by atoms with E-state index >= 15 is 0 Å². The van der Waals surface area contributed by atoms with E-state index in [1.807, 2.05) is 0 Å². The highest BCUT2D eigenvalue weighted by Crippen LogP contribution is 2.26. The zero-order valence-electron chi connectivity index (χ0n) is 16.0. The van der Waals surface area contributed by atoms with Gasteiger partial charge in [-0.25, -0.2) is 0 Å². The summed E-state index contributed by atoms with van der Waals surface area (Å²) in [7, 11) is 0. The lowest BCUT2D eigenvalue weighted by Gasteiger charge is -2.37. The monoisotopic (exact) mass is 342 g/mol. The van der Waals surface area contributed by atoms with Crippen LogP contribution in [0.15, 0.2) is 24.3 Å². The van der Waals surface area contributed by atoms with Gasteiger partial charge in [0.2, 0.25) is 5.91 Å². The van der Waals surface area contributed by atoms with Crippen LogP contribution in [-0.4, -0.2) is 48.4 Å². The molecule has 0 saturated carbocycles. The lowest BCUT2D eigenvalue weighted by Crippen LogP contribution is -2.46. The summed E-state index contributed by atoms with van der Waals surface area (Å²) in [5.74, 6) is 1.39. The minimum atomic E-state index is 0.276. The molecule has 0 bridgehead atoms. The maximum absolute atomic E-state index is 12.9. The lowest BCUT2D eigenvalue weighted by molar-refractivity contribution is -0.139. The van der Waals surface area contributed by atoms with Gasteiger partial charge in [-0.05, 0) is 82.1 Å². The molecule has 1 amide bonds. The molecule has 138 valence electrons. The third-order valence-corrected chi connectivity index (χ3v) is 6.30. The molecule has 2 aliphatic rings. The number of benzene rings is 1. The minimum absolute atomic E-state index is 0.276. The highest BCUT2D eigenvalue weighted by atomic mass is 16.2. The Morgan fingerprint density at radius 1 is 1.12 bits per heavy atom. The molecule has 1 atom stereocenters. The highest BCUT2D eigenvalue weighted by molar-refractivity contribution is 5.79. The number of aryl methyl sites for hydroxylation is 2. The Balaban J connectivity index is 1.49. The van der Waals surface area contributed by atoms with Crippen molar-refractivity contribution in [1.29, 1.82) is 0 Å². The Hall–Kier alpha value is -1.35. The van der Waals surface area contributed by atoms with Gasteiger partial charge in [0.15, 0.2) is 0 Å². The minimum Gasteiger partial charge on any atom is -0.342 e. The van der Waals surface area contributed by atoms with Crippen molar-refractivity contribution in [2.75, 3.05) is 32.7 Å². The van der Waals surface area contributed by atoms with Gasteiger partial charge >= 0.3 is 0 Å². The van der Waals surface area contributed by atoms with E-state index in [-0.39, 0.29) is 5.92 Å². The van der Waals surface area contributed by atoms with Gasteiger partial charge in [0.25, 0.3) is 0 Å². The van der Waals surface area contributed by atoms with Crippen LogP contribution in [0.4, 0.5) is 0 Å². The number of hydrogen-bond acceptors (Lipinski definition) is 2. The molecule has 0 aliphatic carbocycles. The van der Waals surface area contributed by atoms with Crippen LogP contribution in [0.1, 0.15) is 50.2 Å². The summed E-state index contributed by atoms with van der Waals surface area (Å²) in [6.07, 6.45) is 6.92. The summed E-state index contributed by atoms with van der Waals surface area (Å²) in [4.78, 5) is 17.6. The van der Waals surface area contributed by atoms with Gasteiger partial charge in [-0.2, -0.15) is 0 Å². The topological polar surface area (TPSA) is 23.6 Å².